The summed E-state index contributed by atoms with van der Waals surface area (Å²) in [5.74, 6) is 1.25. The van der Waals surface area contributed by atoms with Crippen LogP contribution in [0.1, 0.15) is 69.8 Å². The third kappa shape index (κ3) is 6.56. The van der Waals surface area contributed by atoms with Gasteiger partial charge in [0.1, 0.15) is 0 Å². The Labute approximate surface area is 189 Å². The standard InChI is InChI=1S/C23H33N5O2S/c1-3-11-19(18-12-7-5-8-13-18)24-21(29)17-31-23-26-25-20(28(23)4-2)16-27-15-10-6-9-14-22(27)30/h5,7-8,12-13,19H,3-4,6,9-11,14-17H2,1-2H3,(H,24,29). The molecular formula is C23H33N5O2S. The van der Waals surface area contributed by atoms with Gasteiger partial charge in [-0.25, -0.2) is 0 Å². The highest BCUT2D eigenvalue weighted by Crippen LogP contribution is 2.21. The van der Waals surface area contributed by atoms with E-state index in [1.54, 1.807) is 0 Å². The smallest absolute Gasteiger partial charge is 0.230 e. The molecule has 168 valence electrons. The largest absolute Gasteiger partial charge is 0.349 e. The van der Waals surface area contributed by atoms with Gasteiger partial charge in [-0.15, -0.1) is 10.2 Å². The van der Waals surface area contributed by atoms with Crippen molar-refractivity contribution in [3.8, 4) is 0 Å². The molecule has 1 saturated heterocycles. The van der Waals surface area contributed by atoms with Gasteiger partial charge in [-0.3, -0.25) is 9.59 Å². The SMILES string of the molecule is CCCC(NC(=O)CSc1nnc(CN2CCCCCC2=O)n1CC)c1ccccc1. The highest BCUT2D eigenvalue weighted by Gasteiger charge is 2.21. The maximum atomic E-state index is 12.6. The lowest BCUT2D eigenvalue weighted by molar-refractivity contribution is -0.131. The highest BCUT2D eigenvalue weighted by atomic mass is 32.2. The second kappa shape index (κ2) is 11.9. The van der Waals surface area contributed by atoms with Crippen LogP contribution in [0.3, 0.4) is 0 Å². The van der Waals surface area contributed by atoms with Crippen LogP contribution in [-0.4, -0.2) is 43.8 Å². The number of benzene rings is 1. The van der Waals surface area contributed by atoms with E-state index in [4.69, 9.17) is 0 Å². The minimum atomic E-state index is -0.0118. The number of hydrogen-bond acceptors (Lipinski definition) is 5. The lowest BCUT2D eigenvalue weighted by atomic mass is 10.0. The van der Waals surface area contributed by atoms with Crippen molar-refractivity contribution < 1.29 is 9.59 Å². The Hall–Kier alpha value is -2.35. The molecule has 1 N–H and O–H groups in total. The maximum Gasteiger partial charge on any atom is 0.230 e. The van der Waals surface area contributed by atoms with Gasteiger partial charge in [0.05, 0.1) is 18.3 Å². The quantitative estimate of drug-likeness (QED) is 0.563. The predicted molar refractivity (Wildman–Crippen MR) is 123 cm³/mol. The number of nitrogens with one attached hydrogen (secondary N) is 1. The molecule has 0 spiro atoms. The monoisotopic (exact) mass is 443 g/mol. The van der Waals surface area contributed by atoms with E-state index in [1.165, 1.54) is 11.8 Å². The molecule has 1 fully saturated rings. The van der Waals surface area contributed by atoms with E-state index in [9.17, 15) is 9.59 Å². The second-order valence-electron chi connectivity index (χ2n) is 7.88. The Morgan fingerprint density at radius 3 is 2.71 bits per heavy atom. The number of carbonyl (C=O) groups excluding carboxylic acids is 2. The maximum absolute atomic E-state index is 12.6. The molecule has 1 aliphatic rings. The van der Waals surface area contributed by atoms with E-state index >= 15 is 0 Å². The van der Waals surface area contributed by atoms with Crippen molar-refractivity contribution in [1.82, 2.24) is 25.0 Å². The Morgan fingerprint density at radius 1 is 1.16 bits per heavy atom. The van der Waals surface area contributed by atoms with Gasteiger partial charge in [-0.2, -0.15) is 0 Å². The number of rotatable bonds is 10. The zero-order chi connectivity index (χ0) is 22.1. The minimum Gasteiger partial charge on any atom is -0.349 e. The van der Waals surface area contributed by atoms with Crippen molar-refractivity contribution in [2.75, 3.05) is 12.3 Å². The Bertz CT molecular complexity index is 855. The fourth-order valence-corrected chi connectivity index (χ4v) is 4.73. The van der Waals surface area contributed by atoms with E-state index in [0.29, 0.717) is 19.5 Å². The Kier molecular flexibility index (Phi) is 8.94. The number of thioether (sulfide) groups is 1. The molecule has 0 aliphatic carbocycles. The molecule has 0 bridgehead atoms. The highest BCUT2D eigenvalue weighted by molar-refractivity contribution is 7.99. The Morgan fingerprint density at radius 2 is 1.97 bits per heavy atom. The first-order valence-electron chi connectivity index (χ1n) is 11.3. The summed E-state index contributed by atoms with van der Waals surface area (Å²) in [7, 11) is 0. The summed E-state index contributed by atoms with van der Waals surface area (Å²) in [6.45, 7) is 6.12. The van der Waals surface area contributed by atoms with Crippen LogP contribution < -0.4 is 5.32 Å². The van der Waals surface area contributed by atoms with Crippen LogP contribution in [0.15, 0.2) is 35.5 Å². The fourth-order valence-electron chi connectivity index (χ4n) is 3.90. The first-order valence-corrected chi connectivity index (χ1v) is 12.3. The van der Waals surface area contributed by atoms with E-state index in [1.807, 2.05) is 34.6 Å². The third-order valence-corrected chi connectivity index (χ3v) is 6.53. The number of nitrogens with zero attached hydrogens (tertiary/aromatic N) is 4. The minimum absolute atomic E-state index is 0.0118. The predicted octanol–water partition coefficient (Wildman–Crippen LogP) is 3.95. The Balaban J connectivity index is 1.59. The first kappa shape index (κ1) is 23.3. The van der Waals surface area contributed by atoms with Crippen LogP contribution in [0.5, 0.6) is 0 Å². The lowest BCUT2D eigenvalue weighted by Gasteiger charge is -2.20. The third-order valence-electron chi connectivity index (χ3n) is 5.56. The topological polar surface area (TPSA) is 80.1 Å². The van der Waals surface area contributed by atoms with Crippen molar-refractivity contribution >= 4 is 23.6 Å². The average molecular weight is 444 g/mol. The van der Waals surface area contributed by atoms with Crippen molar-refractivity contribution in [3.05, 3.63) is 41.7 Å². The van der Waals surface area contributed by atoms with Crippen molar-refractivity contribution in [2.24, 2.45) is 0 Å². The zero-order valence-electron chi connectivity index (χ0n) is 18.5. The van der Waals surface area contributed by atoms with Crippen LogP contribution in [0.4, 0.5) is 0 Å². The molecule has 1 atom stereocenters. The zero-order valence-corrected chi connectivity index (χ0v) is 19.4. The summed E-state index contributed by atoms with van der Waals surface area (Å²) in [4.78, 5) is 26.8. The van der Waals surface area contributed by atoms with E-state index in [-0.39, 0.29) is 23.6 Å². The molecule has 8 heteroatoms. The van der Waals surface area contributed by atoms with Gasteiger partial charge in [0, 0.05) is 19.5 Å². The summed E-state index contributed by atoms with van der Waals surface area (Å²) in [5, 5.41) is 12.5. The lowest BCUT2D eigenvalue weighted by Crippen LogP contribution is -2.31. The van der Waals surface area contributed by atoms with E-state index in [2.05, 4.69) is 34.6 Å². The second-order valence-corrected chi connectivity index (χ2v) is 8.82. The van der Waals surface area contributed by atoms with E-state index < -0.39 is 0 Å². The van der Waals surface area contributed by atoms with Crippen molar-refractivity contribution in [1.29, 1.82) is 0 Å². The van der Waals surface area contributed by atoms with Crippen LogP contribution in [0, 0.1) is 0 Å². The fraction of sp³-hybridized carbons (Fsp3) is 0.565. The van der Waals surface area contributed by atoms with Crippen molar-refractivity contribution in [2.45, 2.75) is 76.7 Å². The van der Waals surface area contributed by atoms with Crippen LogP contribution >= 0.6 is 11.8 Å². The van der Waals surface area contributed by atoms with Crippen LogP contribution in [0.25, 0.3) is 0 Å². The molecule has 1 unspecified atom stereocenters. The number of aromatic nitrogens is 3. The molecular weight excluding hydrogens is 410 g/mol. The summed E-state index contributed by atoms with van der Waals surface area (Å²) in [6, 6.07) is 10.1. The molecule has 7 nitrogen and oxygen atoms in total. The number of amides is 2. The summed E-state index contributed by atoms with van der Waals surface area (Å²) < 4.78 is 2.01. The van der Waals surface area contributed by atoms with Gasteiger partial charge in [-0.05, 0) is 31.7 Å². The summed E-state index contributed by atoms with van der Waals surface area (Å²) >= 11 is 1.40. The summed E-state index contributed by atoms with van der Waals surface area (Å²) in [5.41, 5.74) is 1.13. The molecule has 1 aromatic carbocycles. The molecule has 2 amide bonds. The number of hydrogen-bond donors (Lipinski definition) is 1. The van der Waals surface area contributed by atoms with Crippen LogP contribution in [0.2, 0.25) is 0 Å². The van der Waals surface area contributed by atoms with E-state index in [0.717, 1.165) is 55.2 Å². The molecule has 2 aromatic rings. The first-order chi connectivity index (χ1) is 15.1. The van der Waals surface area contributed by atoms with Crippen molar-refractivity contribution in [3.63, 3.8) is 0 Å². The van der Waals surface area contributed by atoms with Gasteiger partial charge in [0.25, 0.3) is 0 Å². The van der Waals surface area contributed by atoms with Crippen LogP contribution in [-0.2, 0) is 22.7 Å². The average Bonchev–Trinajstić information content (AvgIpc) is 3.06. The molecule has 31 heavy (non-hydrogen) atoms. The van der Waals surface area contributed by atoms with Gasteiger partial charge < -0.3 is 14.8 Å². The van der Waals surface area contributed by atoms with Gasteiger partial charge >= 0.3 is 0 Å². The normalized spacial score (nSPS) is 15.5. The summed E-state index contributed by atoms with van der Waals surface area (Å²) in [6.07, 6.45) is 5.61. The number of likely N-dealkylation sites (tertiary alicyclic amines) is 1. The van der Waals surface area contributed by atoms with Gasteiger partial charge in [-0.1, -0.05) is 61.9 Å². The molecule has 0 radical (unpaired) electrons. The molecule has 1 aromatic heterocycles. The number of carbonyl (C=O) groups is 2. The van der Waals surface area contributed by atoms with Gasteiger partial charge in [0.2, 0.25) is 11.8 Å². The molecule has 1 aliphatic heterocycles. The van der Waals surface area contributed by atoms with Gasteiger partial charge in [0.15, 0.2) is 11.0 Å². The molecule has 3 rings (SSSR count). The molecule has 2 heterocycles. The molecule has 0 saturated carbocycles.